The maximum absolute atomic E-state index is 12.3. The number of ether oxygens (including phenoxy) is 4. The summed E-state index contributed by atoms with van der Waals surface area (Å²) in [6, 6.07) is 6.89. The molecule has 0 saturated carbocycles. The largest absolute Gasteiger partial charge is 1.00 e. The zero-order chi connectivity index (χ0) is 30.9. The molecule has 43 heavy (non-hydrogen) atoms. The van der Waals surface area contributed by atoms with Crippen molar-refractivity contribution >= 4 is 22.2 Å². The molecule has 5 atom stereocenters. The predicted molar refractivity (Wildman–Crippen MR) is 138 cm³/mol. The molecule has 1 aromatic heterocycles. The normalized spacial score (nSPS) is 23.5. The fraction of sp³-hybridized carbons (Fsp3) is 0.542. The quantitative estimate of drug-likeness (QED) is 0.0323. The van der Waals surface area contributed by atoms with Crippen LogP contribution < -0.4 is 29.6 Å². The van der Waals surface area contributed by atoms with Gasteiger partial charge in [-0.3, -0.25) is 19.0 Å². The van der Waals surface area contributed by atoms with Gasteiger partial charge in [-0.1, -0.05) is 17.3 Å². The molecule has 0 aliphatic carbocycles. The molecule has 234 valence electrons. The number of carbonyl (C=O) groups is 2. The van der Waals surface area contributed by atoms with Crippen LogP contribution in [0, 0.1) is 6.92 Å². The number of aliphatic hydroxyl groups is 3. The van der Waals surface area contributed by atoms with E-state index in [2.05, 4.69) is 17.2 Å². The maximum Gasteiger partial charge on any atom is 1.00 e. The van der Waals surface area contributed by atoms with E-state index in [4.69, 9.17) is 36.5 Å². The van der Waals surface area contributed by atoms with Crippen molar-refractivity contribution in [1.29, 1.82) is 0 Å². The summed E-state index contributed by atoms with van der Waals surface area (Å²) >= 11 is 0. The summed E-state index contributed by atoms with van der Waals surface area (Å²) in [6.07, 6.45) is -3.85. The molecule has 2 amide bonds. The van der Waals surface area contributed by atoms with Gasteiger partial charge in [0.05, 0.1) is 51.9 Å². The van der Waals surface area contributed by atoms with Crippen LogP contribution in [0.4, 0.5) is 0 Å². The van der Waals surface area contributed by atoms with Gasteiger partial charge in [0.1, 0.15) is 17.9 Å². The second kappa shape index (κ2) is 17.5. The first-order valence-corrected chi connectivity index (χ1v) is 14.0. The number of benzene rings is 1. The summed E-state index contributed by atoms with van der Waals surface area (Å²) in [6.45, 7) is 5.92. The van der Waals surface area contributed by atoms with Crippen LogP contribution in [0.15, 0.2) is 30.5 Å². The van der Waals surface area contributed by atoms with Crippen molar-refractivity contribution in [2.45, 2.75) is 43.7 Å². The Labute approximate surface area is 269 Å². The molecule has 4 rings (SSSR count). The molecule has 1 unspecified atom stereocenters. The average Bonchev–Trinajstić information content (AvgIpc) is 3.40. The Morgan fingerprint density at radius 3 is 2.23 bits per heavy atom. The number of hydrogen-bond donors (Lipinski definition) is 4. The molecule has 17 nitrogen and oxygen atoms in total. The molecule has 3 heterocycles. The first-order valence-electron chi connectivity index (χ1n) is 12.7. The van der Waals surface area contributed by atoms with E-state index in [1.165, 1.54) is 4.90 Å². The number of rotatable bonds is 12. The summed E-state index contributed by atoms with van der Waals surface area (Å²) in [7, 11) is -4.92. The van der Waals surface area contributed by atoms with Crippen molar-refractivity contribution in [1.82, 2.24) is 19.9 Å². The smallest absolute Gasteiger partial charge is 0.726 e. The molecule has 2 aliphatic heterocycles. The second-order valence-electron chi connectivity index (χ2n) is 9.08. The van der Waals surface area contributed by atoms with E-state index in [9.17, 15) is 24.9 Å². The van der Waals surface area contributed by atoms with Gasteiger partial charge in [0.2, 0.25) is 16.3 Å². The van der Waals surface area contributed by atoms with E-state index < -0.39 is 41.1 Å². The molecule has 2 fully saturated rings. The molecule has 0 radical (unpaired) electrons. The number of hydrogen-bond acceptors (Lipinski definition) is 14. The average molecular weight is 640 g/mol. The van der Waals surface area contributed by atoms with Crippen LogP contribution in [-0.2, 0) is 40.7 Å². The van der Waals surface area contributed by atoms with E-state index in [0.29, 0.717) is 50.6 Å². The first kappa shape index (κ1) is 37.3. The molecular formula is C24H32N4NaO13S-. The third-order valence-corrected chi connectivity index (χ3v) is 6.08. The summed E-state index contributed by atoms with van der Waals surface area (Å²) in [5, 5.41) is 37.4. The minimum atomic E-state index is -4.92. The van der Waals surface area contributed by atoms with Crippen LogP contribution in [0.2, 0.25) is 0 Å². The van der Waals surface area contributed by atoms with Gasteiger partial charge in [0.15, 0.2) is 6.29 Å². The number of β-lactam (4-membered cyclic amide) rings is 1. The first-order chi connectivity index (χ1) is 19.8. The number of amides is 2. The molecule has 0 bridgehead atoms. The minimum absolute atomic E-state index is 0. The van der Waals surface area contributed by atoms with Gasteiger partial charge in [-0.2, -0.15) is 0 Å². The molecule has 19 heteroatoms. The van der Waals surface area contributed by atoms with Crippen LogP contribution in [0.25, 0.3) is 11.3 Å². The summed E-state index contributed by atoms with van der Waals surface area (Å²) in [4.78, 5) is 24.9. The Morgan fingerprint density at radius 2 is 1.65 bits per heavy atom. The Hall–Kier alpha value is -1.91. The van der Waals surface area contributed by atoms with Crippen molar-refractivity contribution in [2.75, 3.05) is 39.6 Å². The van der Waals surface area contributed by atoms with Gasteiger partial charge in [-0.25, -0.2) is 13.1 Å². The molecule has 2 saturated heterocycles. The Morgan fingerprint density at radius 1 is 1.05 bits per heavy atom. The van der Waals surface area contributed by atoms with Crippen LogP contribution in [0.3, 0.4) is 0 Å². The standard InChI is InChI=1S/C24H31N4O9.Na.H2O4S/c1-15-20(30)21(31)22(32)24(37-15)36-13-12-35-11-10-34-9-8-27-14-18(25-26-27)16-2-4-17(5-3-16)23(33)28-7-6-19(28)29;;1-5(2,3)4/h2-5,14-15,20-22,24,30-32H,1,6-13H2;;(H2,1,2,3,4)/q-1;+1;/p-1/t15-,20+,21+,22-,24?;;/m1../s1. The number of aliphatic hydroxyl groups excluding tert-OH is 3. The number of aromatic nitrogens is 3. The van der Waals surface area contributed by atoms with Gasteiger partial charge < -0.3 is 45.7 Å². The van der Waals surface area contributed by atoms with Gasteiger partial charge >= 0.3 is 29.6 Å². The predicted octanol–water partition coefficient (Wildman–Crippen LogP) is -4.98. The van der Waals surface area contributed by atoms with E-state index in [0.717, 1.165) is 5.56 Å². The van der Waals surface area contributed by atoms with E-state index >= 15 is 0 Å². The van der Waals surface area contributed by atoms with Crippen LogP contribution >= 0.6 is 0 Å². The second-order valence-corrected chi connectivity index (χ2v) is 9.94. The Balaban J connectivity index is 0.000000993. The summed E-state index contributed by atoms with van der Waals surface area (Å²) in [5.74, 6) is -0.438. The molecule has 4 N–H and O–H groups in total. The Kier molecular flexibility index (Phi) is 15.2. The molecule has 2 aromatic rings. The zero-order valence-electron chi connectivity index (χ0n) is 23.3. The topological polar surface area (TPSA) is 243 Å². The maximum atomic E-state index is 12.3. The van der Waals surface area contributed by atoms with Crippen molar-refractivity contribution in [3.8, 4) is 11.3 Å². The van der Waals surface area contributed by atoms with Crippen molar-refractivity contribution in [3.05, 3.63) is 42.9 Å². The van der Waals surface area contributed by atoms with Crippen LogP contribution in [-0.4, -0.2) is 135 Å². The third kappa shape index (κ3) is 11.8. The molecular weight excluding hydrogens is 607 g/mol. The van der Waals surface area contributed by atoms with Crippen molar-refractivity contribution in [3.63, 3.8) is 0 Å². The zero-order valence-corrected chi connectivity index (χ0v) is 26.1. The van der Waals surface area contributed by atoms with Crippen molar-refractivity contribution in [2.24, 2.45) is 0 Å². The Bertz CT molecular complexity index is 1270. The van der Waals surface area contributed by atoms with Crippen LogP contribution in [0.1, 0.15) is 16.8 Å². The molecule has 0 spiro atoms. The van der Waals surface area contributed by atoms with E-state index in [1.54, 1.807) is 35.1 Å². The number of imide groups is 1. The molecule has 1 aromatic carbocycles. The molecule has 2 aliphatic rings. The minimum Gasteiger partial charge on any atom is -0.726 e. The van der Waals surface area contributed by atoms with Gasteiger partial charge in [0.25, 0.3) is 5.91 Å². The third-order valence-electron chi connectivity index (χ3n) is 6.08. The van der Waals surface area contributed by atoms with Gasteiger partial charge in [0, 0.05) is 24.1 Å². The van der Waals surface area contributed by atoms with Crippen molar-refractivity contribution < 1.29 is 90.9 Å². The van der Waals surface area contributed by atoms with E-state index in [-0.39, 0.29) is 54.6 Å². The summed E-state index contributed by atoms with van der Waals surface area (Å²) in [5.41, 5.74) is 1.91. The monoisotopic (exact) mass is 639 g/mol. The number of likely N-dealkylation sites (tertiary alicyclic amines) is 1. The number of carbonyl (C=O) groups excluding carboxylic acids is 2. The van der Waals surface area contributed by atoms with Gasteiger partial charge in [-0.15, -0.1) is 5.10 Å². The SMILES string of the molecule is O=S(=O)([O-])O.[CH2-][C@H]1OC(OCCOCCOCCn2cc(-c3ccc(C(=O)N4CCC4=O)cc3)nn2)[C@H](O)[C@@H](O)[C@H]1O.[Na+]. The number of nitrogens with zero attached hydrogens (tertiary/aromatic N) is 4. The van der Waals surface area contributed by atoms with Crippen LogP contribution in [0.5, 0.6) is 0 Å². The fourth-order valence-corrected chi connectivity index (χ4v) is 3.77. The van der Waals surface area contributed by atoms with E-state index in [1.807, 2.05) is 0 Å². The fourth-order valence-electron chi connectivity index (χ4n) is 3.77. The van der Waals surface area contributed by atoms with Gasteiger partial charge in [-0.05, 0) is 18.2 Å². The summed E-state index contributed by atoms with van der Waals surface area (Å²) < 4.78 is 56.0.